The molecule has 1 aromatic carbocycles. The predicted octanol–water partition coefficient (Wildman–Crippen LogP) is 1.68. The molecule has 0 atom stereocenters. The van der Waals surface area contributed by atoms with E-state index >= 15 is 0 Å². The second-order valence-corrected chi connectivity index (χ2v) is 3.55. The van der Waals surface area contributed by atoms with E-state index in [1.807, 2.05) is 0 Å². The highest BCUT2D eigenvalue weighted by Gasteiger charge is 2.03. The molecule has 14 heavy (non-hydrogen) atoms. The number of fused-ring (bicyclic) bond motifs is 1. The van der Waals surface area contributed by atoms with E-state index in [0.29, 0.717) is 0 Å². The Morgan fingerprint density at radius 3 is 1.79 bits per heavy atom. The first-order valence-electron chi connectivity index (χ1n) is 4.81. The molecule has 0 bridgehead atoms. The van der Waals surface area contributed by atoms with E-state index in [1.54, 1.807) is 0 Å². The number of rotatable bonds is 0. The standard InChI is InChI=1S/C14H10/c1-2-6-11(5-1)14-9-12-7-3-4-8-13(12)10-14/h1-10H. The third-order valence-corrected chi connectivity index (χ3v) is 2.61. The lowest BCUT2D eigenvalue weighted by Crippen LogP contribution is -2.19. The average Bonchev–Trinajstić information content (AvgIpc) is 2.86. The molecule has 0 N–H and O–H groups in total. The van der Waals surface area contributed by atoms with E-state index in [4.69, 9.17) is 0 Å². The molecule has 0 fully saturated rings. The Labute approximate surface area is 82.9 Å². The van der Waals surface area contributed by atoms with Crippen LogP contribution in [0.4, 0.5) is 0 Å². The molecule has 2 aliphatic rings. The molecular formula is C14H10. The van der Waals surface area contributed by atoms with Crippen LogP contribution in [0.5, 0.6) is 0 Å². The summed E-state index contributed by atoms with van der Waals surface area (Å²) >= 11 is 0. The fraction of sp³-hybridized carbons (Fsp3) is 0. The largest absolute Gasteiger partial charge is 0.0616 e. The fourth-order valence-corrected chi connectivity index (χ4v) is 1.88. The third kappa shape index (κ3) is 1.08. The monoisotopic (exact) mass is 178 g/mol. The first-order valence-corrected chi connectivity index (χ1v) is 4.81. The van der Waals surface area contributed by atoms with Crippen LogP contribution in [0.2, 0.25) is 0 Å². The zero-order chi connectivity index (χ0) is 9.38. The van der Waals surface area contributed by atoms with Crippen molar-refractivity contribution in [1.82, 2.24) is 0 Å². The van der Waals surface area contributed by atoms with Crippen LogP contribution in [-0.2, 0) is 0 Å². The summed E-state index contributed by atoms with van der Waals surface area (Å²) in [6, 6.07) is 8.47. The number of benzene rings is 1. The van der Waals surface area contributed by atoms with Gasteiger partial charge in [-0.15, -0.1) is 0 Å². The minimum atomic E-state index is 1.31. The summed E-state index contributed by atoms with van der Waals surface area (Å²) in [7, 11) is 0. The molecule has 0 nitrogen and oxygen atoms in total. The third-order valence-electron chi connectivity index (χ3n) is 2.61. The Balaban J connectivity index is 2.29. The number of hydrogen-bond acceptors (Lipinski definition) is 0. The average molecular weight is 178 g/mol. The highest BCUT2D eigenvalue weighted by atomic mass is 14.1. The molecule has 0 spiro atoms. The van der Waals surface area contributed by atoms with Crippen LogP contribution in [0.3, 0.4) is 0 Å². The molecule has 0 heterocycles. The van der Waals surface area contributed by atoms with Crippen LogP contribution in [-0.4, -0.2) is 0 Å². The number of hydrogen-bond donors (Lipinski definition) is 0. The van der Waals surface area contributed by atoms with E-state index in [9.17, 15) is 0 Å². The lowest BCUT2D eigenvalue weighted by atomic mass is 10.1. The van der Waals surface area contributed by atoms with Crippen LogP contribution in [0.15, 0.2) is 59.7 Å². The highest BCUT2D eigenvalue weighted by Crippen LogP contribution is 2.16. The summed E-state index contributed by atoms with van der Waals surface area (Å²) in [5.41, 5.74) is 2.62. The van der Waals surface area contributed by atoms with Crippen LogP contribution < -0.4 is 10.4 Å². The van der Waals surface area contributed by atoms with Crippen molar-refractivity contribution in [2.45, 2.75) is 0 Å². The Morgan fingerprint density at radius 1 is 0.643 bits per heavy atom. The van der Waals surface area contributed by atoms with E-state index in [-0.39, 0.29) is 0 Å². The SMILES string of the molecule is C1=CC(=C2C=c3ccccc3=C2)C=C1. The normalized spacial score (nSPS) is 16.9. The zero-order valence-electron chi connectivity index (χ0n) is 7.77. The van der Waals surface area contributed by atoms with Crippen molar-refractivity contribution >= 4 is 12.2 Å². The van der Waals surface area contributed by atoms with Gasteiger partial charge in [-0.1, -0.05) is 48.6 Å². The van der Waals surface area contributed by atoms with Gasteiger partial charge >= 0.3 is 0 Å². The lowest BCUT2D eigenvalue weighted by molar-refractivity contribution is 1.55. The summed E-state index contributed by atoms with van der Waals surface area (Å²) in [6.45, 7) is 0. The van der Waals surface area contributed by atoms with Gasteiger partial charge in [0.1, 0.15) is 0 Å². The smallest absolute Gasteiger partial charge is 0.0172 e. The molecule has 2 aliphatic carbocycles. The Morgan fingerprint density at radius 2 is 1.21 bits per heavy atom. The van der Waals surface area contributed by atoms with Crippen molar-refractivity contribution in [2.75, 3.05) is 0 Å². The second kappa shape index (κ2) is 2.85. The maximum absolute atomic E-state index is 2.24. The van der Waals surface area contributed by atoms with Gasteiger partial charge in [0.25, 0.3) is 0 Å². The van der Waals surface area contributed by atoms with Gasteiger partial charge in [0.15, 0.2) is 0 Å². The quantitative estimate of drug-likeness (QED) is 0.567. The van der Waals surface area contributed by atoms with Crippen LogP contribution in [0, 0.1) is 0 Å². The van der Waals surface area contributed by atoms with Crippen LogP contribution in [0.1, 0.15) is 0 Å². The molecule has 0 radical (unpaired) electrons. The van der Waals surface area contributed by atoms with Crippen molar-refractivity contribution in [2.24, 2.45) is 0 Å². The second-order valence-electron chi connectivity index (χ2n) is 3.55. The molecule has 0 saturated carbocycles. The molecule has 0 saturated heterocycles. The van der Waals surface area contributed by atoms with Gasteiger partial charge in [-0.3, -0.25) is 0 Å². The van der Waals surface area contributed by atoms with E-state index in [2.05, 4.69) is 60.7 Å². The van der Waals surface area contributed by atoms with Gasteiger partial charge in [-0.05, 0) is 33.7 Å². The molecule has 0 aromatic heterocycles. The fourth-order valence-electron chi connectivity index (χ4n) is 1.88. The van der Waals surface area contributed by atoms with Crippen molar-refractivity contribution in [1.29, 1.82) is 0 Å². The summed E-state index contributed by atoms with van der Waals surface area (Å²) in [6.07, 6.45) is 12.9. The highest BCUT2D eigenvalue weighted by molar-refractivity contribution is 5.76. The predicted molar refractivity (Wildman–Crippen MR) is 59.9 cm³/mol. The summed E-state index contributed by atoms with van der Waals surface area (Å²) < 4.78 is 0. The molecule has 0 amide bonds. The molecular weight excluding hydrogens is 168 g/mol. The van der Waals surface area contributed by atoms with Gasteiger partial charge in [0.05, 0.1) is 0 Å². The summed E-state index contributed by atoms with van der Waals surface area (Å²) in [5, 5.41) is 2.65. The van der Waals surface area contributed by atoms with Crippen molar-refractivity contribution in [3.63, 3.8) is 0 Å². The molecule has 0 aliphatic heterocycles. The van der Waals surface area contributed by atoms with Crippen molar-refractivity contribution < 1.29 is 0 Å². The van der Waals surface area contributed by atoms with Crippen molar-refractivity contribution in [3.8, 4) is 0 Å². The topological polar surface area (TPSA) is 0 Å². The van der Waals surface area contributed by atoms with Gasteiger partial charge in [-0.2, -0.15) is 0 Å². The maximum Gasteiger partial charge on any atom is -0.0172 e. The van der Waals surface area contributed by atoms with Crippen LogP contribution >= 0.6 is 0 Å². The van der Waals surface area contributed by atoms with Crippen molar-refractivity contribution in [3.05, 3.63) is 70.2 Å². The first kappa shape index (κ1) is 7.57. The summed E-state index contributed by atoms with van der Waals surface area (Å²) in [5.74, 6) is 0. The minimum Gasteiger partial charge on any atom is -0.0616 e. The minimum absolute atomic E-state index is 1.31. The van der Waals surface area contributed by atoms with Gasteiger partial charge < -0.3 is 0 Å². The van der Waals surface area contributed by atoms with Gasteiger partial charge in [0.2, 0.25) is 0 Å². The molecule has 1 aromatic rings. The Hall–Kier alpha value is -1.82. The molecule has 3 rings (SSSR count). The van der Waals surface area contributed by atoms with E-state index in [1.165, 1.54) is 21.6 Å². The Bertz CT molecular complexity index is 530. The molecule has 0 unspecified atom stereocenters. The van der Waals surface area contributed by atoms with Gasteiger partial charge in [-0.25, -0.2) is 0 Å². The van der Waals surface area contributed by atoms with Crippen LogP contribution in [0.25, 0.3) is 12.2 Å². The maximum atomic E-state index is 2.24. The Kier molecular flexibility index (Phi) is 1.54. The number of allylic oxidation sites excluding steroid dienone is 6. The zero-order valence-corrected chi connectivity index (χ0v) is 7.77. The van der Waals surface area contributed by atoms with E-state index in [0.717, 1.165) is 0 Å². The molecule has 0 heteroatoms. The summed E-state index contributed by atoms with van der Waals surface area (Å²) in [4.78, 5) is 0. The lowest BCUT2D eigenvalue weighted by Gasteiger charge is -1.92. The van der Waals surface area contributed by atoms with E-state index < -0.39 is 0 Å². The first-order chi connectivity index (χ1) is 6.93. The molecule has 66 valence electrons. The van der Waals surface area contributed by atoms with Gasteiger partial charge in [0, 0.05) is 0 Å².